The summed E-state index contributed by atoms with van der Waals surface area (Å²) in [5.41, 5.74) is 5.39. The van der Waals surface area contributed by atoms with Crippen LogP contribution >= 0.6 is 12.4 Å². The van der Waals surface area contributed by atoms with Crippen molar-refractivity contribution in [1.82, 2.24) is 10.2 Å². The molecule has 3 aromatic rings. The van der Waals surface area contributed by atoms with E-state index in [1.54, 1.807) is 0 Å². The fourth-order valence-electron chi connectivity index (χ4n) is 3.62. The van der Waals surface area contributed by atoms with Gasteiger partial charge in [0.2, 0.25) is 0 Å². The van der Waals surface area contributed by atoms with Crippen LogP contribution in [0.3, 0.4) is 0 Å². The molecule has 1 unspecified atom stereocenters. The predicted molar refractivity (Wildman–Crippen MR) is 127 cm³/mol. The van der Waals surface area contributed by atoms with Gasteiger partial charge in [-0.1, -0.05) is 56.7 Å². The van der Waals surface area contributed by atoms with E-state index < -0.39 is 0 Å². The molecule has 0 saturated heterocycles. The lowest BCUT2D eigenvalue weighted by atomic mass is 9.86. The maximum atomic E-state index is 12.8. The summed E-state index contributed by atoms with van der Waals surface area (Å²) >= 11 is 0. The summed E-state index contributed by atoms with van der Waals surface area (Å²) < 4.78 is 5.84. The van der Waals surface area contributed by atoms with Gasteiger partial charge in [-0.3, -0.25) is 4.79 Å². The van der Waals surface area contributed by atoms with Crippen LogP contribution in [0.1, 0.15) is 59.6 Å². The minimum atomic E-state index is -0.172. The third-order valence-corrected chi connectivity index (χ3v) is 5.54. The Morgan fingerprint density at radius 3 is 2.27 bits per heavy atom. The first-order valence-electron chi connectivity index (χ1n) is 10.1. The van der Waals surface area contributed by atoms with Gasteiger partial charge in [0.25, 0.3) is 5.91 Å². The van der Waals surface area contributed by atoms with Crippen molar-refractivity contribution < 1.29 is 9.21 Å². The van der Waals surface area contributed by atoms with Crippen molar-refractivity contribution in [3.63, 3.8) is 0 Å². The highest BCUT2D eigenvalue weighted by Gasteiger charge is 2.21. The Kier molecular flexibility index (Phi) is 7.38. The molecule has 4 nitrogen and oxygen atoms in total. The third kappa shape index (κ3) is 5.05. The fraction of sp³-hybridized carbons (Fsp3) is 0.400. The van der Waals surface area contributed by atoms with Crippen molar-refractivity contribution in [2.75, 3.05) is 20.6 Å². The molecule has 0 radical (unpaired) electrons. The van der Waals surface area contributed by atoms with E-state index in [0.717, 1.165) is 22.1 Å². The molecule has 3 rings (SSSR count). The number of hydrogen-bond donors (Lipinski definition) is 1. The minimum absolute atomic E-state index is 0. The topological polar surface area (TPSA) is 45.5 Å². The van der Waals surface area contributed by atoms with Gasteiger partial charge < -0.3 is 14.6 Å². The Morgan fingerprint density at radius 2 is 1.70 bits per heavy atom. The van der Waals surface area contributed by atoms with Crippen LogP contribution in [0.2, 0.25) is 0 Å². The molecule has 1 N–H and O–H groups in total. The predicted octanol–water partition coefficient (Wildman–Crippen LogP) is 5.80. The Balaban J connectivity index is 0.00000320. The van der Waals surface area contributed by atoms with Gasteiger partial charge in [0.15, 0.2) is 5.76 Å². The van der Waals surface area contributed by atoms with Crippen molar-refractivity contribution in [3.05, 3.63) is 70.5 Å². The molecule has 0 aliphatic rings. The van der Waals surface area contributed by atoms with Gasteiger partial charge in [-0.2, -0.15) is 0 Å². The molecular formula is C25H33ClN2O2. The molecule has 5 heteroatoms. The van der Waals surface area contributed by atoms with Crippen molar-refractivity contribution in [2.24, 2.45) is 0 Å². The summed E-state index contributed by atoms with van der Waals surface area (Å²) in [5.74, 6) is 0.223. The summed E-state index contributed by atoms with van der Waals surface area (Å²) in [6.07, 6.45) is 0. The zero-order chi connectivity index (χ0) is 21.3. The highest BCUT2D eigenvalue weighted by atomic mass is 35.5. The van der Waals surface area contributed by atoms with Gasteiger partial charge in [-0.25, -0.2) is 0 Å². The van der Waals surface area contributed by atoms with E-state index in [0.29, 0.717) is 12.3 Å². The molecule has 0 spiro atoms. The van der Waals surface area contributed by atoms with Gasteiger partial charge in [0.05, 0.1) is 6.04 Å². The number of aryl methyl sites for hydroxylation is 2. The van der Waals surface area contributed by atoms with Gasteiger partial charge in [0.1, 0.15) is 5.58 Å². The fourth-order valence-corrected chi connectivity index (χ4v) is 3.62. The minimum Gasteiger partial charge on any atom is -0.451 e. The zero-order valence-electron chi connectivity index (χ0n) is 19.0. The average molecular weight is 429 g/mol. The van der Waals surface area contributed by atoms with Crippen molar-refractivity contribution in [1.29, 1.82) is 0 Å². The Hall–Kier alpha value is -2.30. The van der Waals surface area contributed by atoms with E-state index in [4.69, 9.17) is 4.42 Å². The van der Waals surface area contributed by atoms with Crippen LogP contribution in [-0.4, -0.2) is 31.4 Å². The monoisotopic (exact) mass is 428 g/mol. The molecule has 0 aliphatic carbocycles. The van der Waals surface area contributed by atoms with Crippen molar-refractivity contribution in [3.8, 4) is 0 Å². The van der Waals surface area contributed by atoms with Crippen LogP contribution in [0, 0.1) is 13.8 Å². The van der Waals surface area contributed by atoms with Crippen LogP contribution in [0.5, 0.6) is 0 Å². The van der Waals surface area contributed by atoms with Crippen LogP contribution in [0.4, 0.5) is 0 Å². The number of nitrogens with zero attached hydrogens (tertiary/aromatic N) is 1. The maximum absolute atomic E-state index is 12.8. The molecule has 1 amide bonds. The molecule has 0 bridgehead atoms. The maximum Gasteiger partial charge on any atom is 0.287 e. The Morgan fingerprint density at radius 1 is 1.07 bits per heavy atom. The summed E-state index contributed by atoms with van der Waals surface area (Å²) in [6, 6.07) is 14.7. The first kappa shape index (κ1) is 24.0. The molecule has 1 atom stereocenters. The number of halogens is 1. The highest BCUT2D eigenvalue weighted by Crippen LogP contribution is 2.27. The number of likely N-dealkylation sites (N-methyl/N-ethyl adjacent to an activating group) is 1. The number of furan rings is 1. The number of benzene rings is 2. The summed E-state index contributed by atoms with van der Waals surface area (Å²) in [4.78, 5) is 15.0. The molecule has 2 aromatic carbocycles. The lowest BCUT2D eigenvalue weighted by molar-refractivity contribution is 0.0915. The van der Waals surface area contributed by atoms with E-state index >= 15 is 0 Å². The third-order valence-electron chi connectivity index (χ3n) is 5.54. The lowest BCUT2D eigenvalue weighted by Crippen LogP contribution is -2.34. The van der Waals surface area contributed by atoms with Crippen LogP contribution in [0.25, 0.3) is 11.0 Å². The first-order chi connectivity index (χ1) is 13.6. The number of hydrogen-bond acceptors (Lipinski definition) is 3. The van der Waals surface area contributed by atoms with Crippen molar-refractivity contribution >= 4 is 29.3 Å². The molecule has 162 valence electrons. The van der Waals surface area contributed by atoms with E-state index in [1.165, 1.54) is 11.1 Å². The molecule has 1 heterocycles. The second-order valence-electron chi connectivity index (χ2n) is 9.12. The zero-order valence-corrected chi connectivity index (χ0v) is 19.8. The molecule has 30 heavy (non-hydrogen) atoms. The molecule has 0 aliphatic heterocycles. The number of fused-ring (bicyclic) bond motifs is 1. The Bertz CT molecular complexity index is 1010. The van der Waals surface area contributed by atoms with Crippen molar-refractivity contribution in [2.45, 2.75) is 46.1 Å². The summed E-state index contributed by atoms with van der Waals surface area (Å²) in [7, 11) is 4.06. The molecule has 0 fully saturated rings. The lowest BCUT2D eigenvalue weighted by Gasteiger charge is -2.26. The smallest absolute Gasteiger partial charge is 0.287 e. The Labute approximate surface area is 186 Å². The second-order valence-corrected chi connectivity index (χ2v) is 9.12. The van der Waals surface area contributed by atoms with Gasteiger partial charge in [0, 0.05) is 17.5 Å². The SMILES string of the molecule is Cc1ccc2oc(C(=O)NCC(c3ccc(C(C)(C)C)cc3)N(C)C)c(C)c2c1.Cl. The summed E-state index contributed by atoms with van der Waals surface area (Å²) in [5, 5.41) is 4.06. The second kappa shape index (κ2) is 9.23. The van der Waals surface area contributed by atoms with E-state index in [-0.39, 0.29) is 29.8 Å². The van der Waals surface area contributed by atoms with Crippen LogP contribution < -0.4 is 5.32 Å². The quantitative estimate of drug-likeness (QED) is 0.558. The average Bonchev–Trinajstić information content (AvgIpc) is 2.97. The van der Waals surface area contributed by atoms with Gasteiger partial charge in [-0.15, -0.1) is 12.4 Å². The van der Waals surface area contributed by atoms with E-state index in [9.17, 15) is 4.79 Å². The van der Waals surface area contributed by atoms with Gasteiger partial charge >= 0.3 is 0 Å². The number of amides is 1. The molecular weight excluding hydrogens is 396 g/mol. The van der Waals surface area contributed by atoms with Crippen LogP contribution in [-0.2, 0) is 5.41 Å². The van der Waals surface area contributed by atoms with Gasteiger partial charge in [-0.05, 0) is 56.6 Å². The number of rotatable bonds is 5. The number of carbonyl (C=O) groups excluding carboxylic acids is 1. The van der Waals surface area contributed by atoms with E-state index in [1.807, 2.05) is 40.1 Å². The summed E-state index contributed by atoms with van der Waals surface area (Å²) in [6.45, 7) is 11.1. The molecule has 1 aromatic heterocycles. The normalized spacial score (nSPS) is 12.7. The highest BCUT2D eigenvalue weighted by molar-refractivity contribution is 5.99. The van der Waals surface area contributed by atoms with E-state index in [2.05, 4.69) is 61.3 Å². The largest absolute Gasteiger partial charge is 0.451 e. The number of carbonyl (C=O) groups is 1. The molecule has 0 saturated carbocycles. The van der Waals surface area contributed by atoms with Crippen LogP contribution in [0.15, 0.2) is 46.9 Å². The number of nitrogens with one attached hydrogen (secondary N) is 1. The standard InChI is InChI=1S/C25H32N2O2.ClH/c1-16-8-13-22-20(14-16)17(2)23(29-22)24(28)26-15-21(27(6)7)18-9-11-19(12-10-18)25(3,4)5;/h8-14,21H,15H2,1-7H3,(H,26,28);1H. The first-order valence-corrected chi connectivity index (χ1v) is 10.1.